The SMILES string of the molecule is CC(=O)O[C@H]1CN(C(=O)O)[C@@](C(=S)NCc2ccc(Cl)cc2)(C(C)(C)C)C1. The third-order valence-electron chi connectivity index (χ3n) is 4.92. The Kier molecular flexibility index (Phi) is 6.37. The summed E-state index contributed by atoms with van der Waals surface area (Å²) in [5.74, 6) is -0.435. The standard InChI is InChI=1S/C19H25ClN2O4S/c1-12(23)26-15-9-19(18(2,3)4,22(11-15)17(24)25)16(27)21-10-13-5-7-14(20)8-6-13/h5-8,15H,9-11H2,1-4H3,(H,21,27)(H,24,25)/t15-,19+/m1/s1. The molecule has 0 unspecified atom stereocenters. The quantitative estimate of drug-likeness (QED) is 0.577. The van der Waals surface area contributed by atoms with E-state index in [1.54, 1.807) is 12.1 Å². The van der Waals surface area contributed by atoms with Crippen molar-refractivity contribution in [1.82, 2.24) is 10.2 Å². The van der Waals surface area contributed by atoms with Gasteiger partial charge in [0.1, 0.15) is 16.6 Å². The van der Waals surface area contributed by atoms with Gasteiger partial charge in [-0.1, -0.05) is 56.7 Å². The Bertz CT molecular complexity index is 732. The van der Waals surface area contributed by atoms with Gasteiger partial charge in [-0.05, 0) is 23.1 Å². The molecule has 148 valence electrons. The average molecular weight is 413 g/mol. The van der Waals surface area contributed by atoms with Gasteiger partial charge in [-0.25, -0.2) is 4.79 Å². The van der Waals surface area contributed by atoms with Crippen LogP contribution >= 0.6 is 23.8 Å². The smallest absolute Gasteiger partial charge is 0.408 e. The first kappa shape index (κ1) is 21.4. The first-order valence-corrected chi connectivity index (χ1v) is 9.46. The van der Waals surface area contributed by atoms with E-state index in [0.29, 0.717) is 23.0 Å². The van der Waals surface area contributed by atoms with Crippen LogP contribution in [-0.4, -0.2) is 45.2 Å². The molecule has 1 saturated heterocycles. The molecular formula is C19H25ClN2O4S. The summed E-state index contributed by atoms with van der Waals surface area (Å²) in [5, 5.41) is 13.7. The number of thiocarbonyl (C=S) groups is 1. The molecule has 1 amide bonds. The number of ether oxygens (including phenoxy) is 1. The Morgan fingerprint density at radius 2 is 1.96 bits per heavy atom. The lowest BCUT2D eigenvalue weighted by Gasteiger charge is -2.47. The number of halogens is 1. The van der Waals surface area contributed by atoms with Crippen molar-refractivity contribution in [1.29, 1.82) is 0 Å². The molecule has 1 aromatic carbocycles. The molecule has 27 heavy (non-hydrogen) atoms. The number of nitrogens with zero attached hydrogens (tertiary/aromatic N) is 1. The molecule has 0 bridgehead atoms. The highest BCUT2D eigenvalue weighted by Gasteiger charge is 2.58. The number of rotatable bonds is 4. The number of nitrogens with one attached hydrogen (secondary N) is 1. The molecule has 1 aliphatic heterocycles. The Hall–Kier alpha value is -1.86. The van der Waals surface area contributed by atoms with Gasteiger partial charge in [0.15, 0.2) is 0 Å². The zero-order valence-electron chi connectivity index (χ0n) is 15.9. The van der Waals surface area contributed by atoms with Gasteiger partial charge < -0.3 is 15.2 Å². The van der Waals surface area contributed by atoms with Gasteiger partial charge in [0.05, 0.1) is 6.54 Å². The van der Waals surface area contributed by atoms with Crippen LogP contribution in [0.4, 0.5) is 4.79 Å². The lowest BCUT2D eigenvalue weighted by atomic mass is 9.71. The molecule has 0 radical (unpaired) electrons. The predicted octanol–water partition coefficient (Wildman–Crippen LogP) is 3.86. The summed E-state index contributed by atoms with van der Waals surface area (Å²) in [6, 6.07) is 7.34. The predicted molar refractivity (Wildman–Crippen MR) is 108 cm³/mol. The van der Waals surface area contributed by atoms with Gasteiger partial charge in [0.25, 0.3) is 0 Å². The van der Waals surface area contributed by atoms with Crippen LogP contribution in [0.2, 0.25) is 5.02 Å². The van der Waals surface area contributed by atoms with Crippen LogP contribution in [0.15, 0.2) is 24.3 Å². The molecule has 6 nitrogen and oxygen atoms in total. The van der Waals surface area contributed by atoms with E-state index in [9.17, 15) is 14.7 Å². The molecule has 1 aliphatic rings. The number of carboxylic acid groups (broad SMARTS) is 1. The highest BCUT2D eigenvalue weighted by Crippen LogP contribution is 2.45. The van der Waals surface area contributed by atoms with Crippen molar-refractivity contribution in [2.24, 2.45) is 5.41 Å². The van der Waals surface area contributed by atoms with E-state index < -0.39 is 29.1 Å². The van der Waals surface area contributed by atoms with Gasteiger partial charge >= 0.3 is 12.1 Å². The number of hydrogen-bond acceptors (Lipinski definition) is 4. The van der Waals surface area contributed by atoms with E-state index in [1.165, 1.54) is 11.8 Å². The summed E-state index contributed by atoms with van der Waals surface area (Å²) >= 11 is 11.6. The summed E-state index contributed by atoms with van der Waals surface area (Å²) in [4.78, 5) is 25.1. The lowest BCUT2D eigenvalue weighted by Crippen LogP contribution is -2.63. The van der Waals surface area contributed by atoms with Crippen LogP contribution < -0.4 is 5.32 Å². The highest BCUT2D eigenvalue weighted by molar-refractivity contribution is 7.80. The van der Waals surface area contributed by atoms with E-state index in [0.717, 1.165) is 5.56 Å². The summed E-state index contributed by atoms with van der Waals surface area (Å²) in [5.41, 5.74) is -0.521. The second-order valence-corrected chi connectivity index (χ2v) is 8.59. The molecule has 8 heteroatoms. The molecule has 2 rings (SSSR count). The van der Waals surface area contributed by atoms with Crippen molar-refractivity contribution in [3.63, 3.8) is 0 Å². The van der Waals surface area contributed by atoms with Crippen molar-refractivity contribution >= 4 is 40.9 Å². The molecule has 1 aromatic rings. The van der Waals surface area contributed by atoms with E-state index in [4.69, 9.17) is 28.6 Å². The Morgan fingerprint density at radius 3 is 2.44 bits per heavy atom. The summed E-state index contributed by atoms with van der Waals surface area (Å²) in [7, 11) is 0. The zero-order valence-corrected chi connectivity index (χ0v) is 17.5. The minimum Gasteiger partial charge on any atom is -0.465 e. The Balaban J connectivity index is 2.30. The van der Waals surface area contributed by atoms with E-state index in [2.05, 4.69) is 5.32 Å². The second-order valence-electron chi connectivity index (χ2n) is 7.75. The summed E-state index contributed by atoms with van der Waals surface area (Å²) < 4.78 is 5.32. The fraction of sp³-hybridized carbons (Fsp3) is 0.526. The third-order valence-corrected chi connectivity index (χ3v) is 5.65. The van der Waals surface area contributed by atoms with Gasteiger partial charge in [-0.15, -0.1) is 0 Å². The van der Waals surface area contributed by atoms with Crippen LogP contribution in [0.1, 0.15) is 39.7 Å². The topological polar surface area (TPSA) is 78.9 Å². The van der Waals surface area contributed by atoms with Crippen molar-refractivity contribution in [2.45, 2.75) is 52.3 Å². The highest BCUT2D eigenvalue weighted by atomic mass is 35.5. The van der Waals surface area contributed by atoms with Gasteiger partial charge in [-0.3, -0.25) is 9.69 Å². The summed E-state index contributed by atoms with van der Waals surface area (Å²) in [6.45, 7) is 7.67. The number of esters is 1. The maximum absolute atomic E-state index is 12.0. The largest absolute Gasteiger partial charge is 0.465 e. The maximum Gasteiger partial charge on any atom is 0.408 e. The second kappa shape index (κ2) is 8.02. The molecular weight excluding hydrogens is 388 g/mol. The molecule has 2 N–H and O–H groups in total. The normalized spacial score (nSPS) is 22.4. The average Bonchev–Trinajstić information content (AvgIpc) is 2.94. The van der Waals surface area contributed by atoms with Crippen molar-refractivity contribution in [3.05, 3.63) is 34.9 Å². The van der Waals surface area contributed by atoms with Gasteiger partial charge in [0.2, 0.25) is 0 Å². The first-order chi connectivity index (χ1) is 12.5. The Morgan fingerprint density at radius 1 is 1.37 bits per heavy atom. The fourth-order valence-corrected chi connectivity index (χ4v) is 4.31. The molecule has 0 aromatic heterocycles. The minimum atomic E-state index is -1.09. The third kappa shape index (κ3) is 4.52. The van der Waals surface area contributed by atoms with Crippen molar-refractivity contribution < 1.29 is 19.4 Å². The van der Waals surface area contributed by atoms with Crippen molar-refractivity contribution in [3.8, 4) is 0 Å². The summed E-state index contributed by atoms with van der Waals surface area (Å²) in [6.07, 6.45) is -1.31. The fourth-order valence-electron chi connectivity index (χ4n) is 3.62. The van der Waals surface area contributed by atoms with Crippen LogP contribution in [0.5, 0.6) is 0 Å². The number of carbonyl (C=O) groups is 2. The minimum absolute atomic E-state index is 0.0922. The first-order valence-electron chi connectivity index (χ1n) is 8.68. The molecule has 1 heterocycles. The van der Waals surface area contributed by atoms with Crippen LogP contribution in [0.25, 0.3) is 0 Å². The molecule has 1 fully saturated rings. The number of likely N-dealkylation sites (tertiary alicyclic amines) is 1. The molecule has 0 spiro atoms. The van der Waals surface area contributed by atoms with E-state index in [1.807, 2.05) is 32.9 Å². The molecule has 0 saturated carbocycles. The number of carbonyl (C=O) groups excluding carboxylic acids is 1. The Labute approximate surface area is 169 Å². The maximum atomic E-state index is 12.0. The number of amides is 1. The monoisotopic (exact) mass is 412 g/mol. The van der Waals surface area contributed by atoms with Crippen LogP contribution in [0, 0.1) is 5.41 Å². The van der Waals surface area contributed by atoms with Crippen molar-refractivity contribution in [2.75, 3.05) is 6.54 Å². The lowest BCUT2D eigenvalue weighted by molar-refractivity contribution is -0.145. The van der Waals surface area contributed by atoms with Gasteiger partial charge in [-0.2, -0.15) is 0 Å². The van der Waals surface area contributed by atoms with Crippen LogP contribution in [0.3, 0.4) is 0 Å². The van der Waals surface area contributed by atoms with E-state index >= 15 is 0 Å². The molecule has 0 aliphatic carbocycles. The molecule has 2 atom stereocenters. The van der Waals surface area contributed by atoms with Crippen LogP contribution in [-0.2, 0) is 16.1 Å². The van der Waals surface area contributed by atoms with E-state index in [-0.39, 0.29) is 6.54 Å². The number of hydrogen-bond donors (Lipinski definition) is 2. The number of benzene rings is 1. The zero-order chi connectivity index (χ0) is 20.4. The van der Waals surface area contributed by atoms with Gasteiger partial charge in [0, 0.05) is 24.9 Å².